The smallest absolute Gasteiger partial charge is 0.250 e. The lowest BCUT2D eigenvalue weighted by atomic mass is 9.98. The van der Waals surface area contributed by atoms with E-state index in [1.54, 1.807) is 12.3 Å². The molecule has 0 atom stereocenters. The standard InChI is InChI=1S/C18H14N2O3/c1-20-10-13(12-6-2-3-7-14(12)20)15-16(18(22)17(15)21)19-9-11-5-4-8-23-11/h2-8,10,19H,9H2,1H3. The fourth-order valence-corrected chi connectivity index (χ4v) is 2.95. The number of fused-ring (bicyclic) bond motifs is 1. The Morgan fingerprint density at radius 3 is 2.70 bits per heavy atom. The molecule has 0 amide bonds. The SMILES string of the molecule is Cn1cc(-c2c(NCc3ccco3)c(=O)c2=O)c2ccccc21. The molecule has 2 aromatic heterocycles. The van der Waals surface area contributed by atoms with Gasteiger partial charge < -0.3 is 14.3 Å². The molecule has 0 saturated heterocycles. The first kappa shape index (κ1) is 13.6. The second-order valence-corrected chi connectivity index (χ2v) is 5.51. The Balaban J connectivity index is 1.78. The predicted molar refractivity (Wildman–Crippen MR) is 89.3 cm³/mol. The summed E-state index contributed by atoms with van der Waals surface area (Å²) in [6, 6.07) is 11.4. The third kappa shape index (κ3) is 2.01. The lowest BCUT2D eigenvalue weighted by Gasteiger charge is -2.11. The van der Waals surface area contributed by atoms with E-state index in [0.717, 1.165) is 16.5 Å². The van der Waals surface area contributed by atoms with Gasteiger partial charge in [-0.15, -0.1) is 0 Å². The van der Waals surface area contributed by atoms with E-state index in [1.165, 1.54) is 0 Å². The second-order valence-electron chi connectivity index (χ2n) is 5.51. The summed E-state index contributed by atoms with van der Waals surface area (Å²) in [5.74, 6) is 0.710. The Hall–Kier alpha value is -3.08. The average molecular weight is 306 g/mol. The van der Waals surface area contributed by atoms with Crippen LogP contribution in [0.15, 0.2) is 62.9 Å². The highest BCUT2D eigenvalue weighted by molar-refractivity contribution is 6.00. The van der Waals surface area contributed by atoms with Crippen molar-refractivity contribution in [3.8, 4) is 11.1 Å². The summed E-state index contributed by atoms with van der Waals surface area (Å²) in [7, 11) is 1.92. The van der Waals surface area contributed by atoms with Crippen molar-refractivity contribution in [3.05, 3.63) is 75.1 Å². The highest BCUT2D eigenvalue weighted by Crippen LogP contribution is 2.32. The van der Waals surface area contributed by atoms with Crippen LogP contribution < -0.4 is 16.2 Å². The molecule has 0 bridgehead atoms. The number of furan rings is 1. The van der Waals surface area contributed by atoms with Crippen LogP contribution in [0.1, 0.15) is 5.76 Å². The number of hydrogen-bond donors (Lipinski definition) is 1. The van der Waals surface area contributed by atoms with Gasteiger partial charge in [0.25, 0.3) is 0 Å². The van der Waals surface area contributed by atoms with Gasteiger partial charge in [-0.25, -0.2) is 0 Å². The molecule has 0 radical (unpaired) electrons. The second kappa shape index (κ2) is 4.98. The minimum absolute atomic E-state index is 0.364. The molecule has 0 aliphatic rings. The summed E-state index contributed by atoms with van der Waals surface area (Å²) in [6.07, 6.45) is 3.46. The maximum Gasteiger partial charge on any atom is 0.250 e. The van der Waals surface area contributed by atoms with Crippen molar-refractivity contribution in [1.82, 2.24) is 4.57 Å². The maximum atomic E-state index is 12.1. The van der Waals surface area contributed by atoms with Gasteiger partial charge in [-0.05, 0) is 18.2 Å². The number of nitrogens with one attached hydrogen (secondary N) is 1. The number of rotatable bonds is 4. The van der Waals surface area contributed by atoms with Crippen LogP contribution in [-0.2, 0) is 13.6 Å². The maximum absolute atomic E-state index is 12.1. The Kier molecular flexibility index (Phi) is 2.94. The molecular weight excluding hydrogens is 292 g/mol. The third-order valence-corrected chi connectivity index (χ3v) is 4.10. The molecule has 2 aromatic carbocycles. The van der Waals surface area contributed by atoms with Crippen LogP contribution in [0, 0.1) is 0 Å². The van der Waals surface area contributed by atoms with Crippen LogP contribution in [0.4, 0.5) is 5.69 Å². The van der Waals surface area contributed by atoms with Gasteiger partial charge in [0.05, 0.1) is 24.1 Å². The first-order chi connectivity index (χ1) is 11.2. The summed E-state index contributed by atoms with van der Waals surface area (Å²) in [6.45, 7) is 0.371. The lowest BCUT2D eigenvalue weighted by molar-refractivity contribution is 0.518. The van der Waals surface area contributed by atoms with E-state index in [0.29, 0.717) is 23.6 Å². The molecule has 0 unspecified atom stereocenters. The first-order valence-electron chi connectivity index (χ1n) is 7.31. The molecule has 23 heavy (non-hydrogen) atoms. The zero-order valence-electron chi connectivity index (χ0n) is 12.5. The molecule has 114 valence electrons. The minimum atomic E-state index is -0.473. The van der Waals surface area contributed by atoms with Crippen molar-refractivity contribution in [2.75, 3.05) is 5.32 Å². The van der Waals surface area contributed by atoms with E-state index in [4.69, 9.17) is 4.42 Å². The summed E-state index contributed by atoms with van der Waals surface area (Å²) in [5.41, 5.74) is 1.71. The van der Waals surface area contributed by atoms with Crippen LogP contribution >= 0.6 is 0 Å². The molecule has 2 heterocycles. The minimum Gasteiger partial charge on any atom is -0.467 e. The summed E-state index contributed by atoms with van der Waals surface area (Å²) in [4.78, 5) is 24.0. The zero-order chi connectivity index (χ0) is 16.0. The third-order valence-electron chi connectivity index (χ3n) is 4.10. The number of aryl methyl sites for hydroxylation is 1. The molecule has 0 aliphatic carbocycles. The van der Waals surface area contributed by atoms with Gasteiger partial charge in [0.1, 0.15) is 5.76 Å². The van der Waals surface area contributed by atoms with Gasteiger partial charge in [-0.2, -0.15) is 0 Å². The van der Waals surface area contributed by atoms with E-state index in [2.05, 4.69) is 5.32 Å². The number of anilines is 1. The first-order valence-corrected chi connectivity index (χ1v) is 7.31. The fraction of sp³-hybridized carbons (Fsp3) is 0.111. The largest absolute Gasteiger partial charge is 0.467 e. The number of benzene rings is 1. The quantitative estimate of drug-likeness (QED) is 0.589. The Bertz CT molecular complexity index is 1060. The highest BCUT2D eigenvalue weighted by Gasteiger charge is 2.24. The van der Waals surface area contributed by atoms with Crippen molar-refractivity contribution >= 4 is 16.6 Å². The van der Waals surface area contributed by atoms with E-state index in [-0.39, 0.29) is 0 Å². The molecule has 1 N–H and O–H groups in total. The van der Waals surface area contributed by atoms with Crippen LogP contribution in [0.2, 0.25) is 0 Å². The molecule has 4 rings (SSSR count). The molecular formula is C18H14N2O3. The zero-order valence-corrected chi connectivity index (χ0v) is 12.5. The normalized spacial score (nSPS) is 11.3. The van der Waals surface area contributed by atoms with Gasteiger partial charge in [-0.1, -0.05) is 18.2 Å². The van der Waals surface area contributed by atoms with E-state index >= 15 is 0 Å². The molecule has 0 saturated carbocycles. The number of nitrogens with zero attached hydrogens (tertiary/aromatic N) is 1. The molecule has 5 nitrogen and oxygen atoms in total. The number of aromatic nitrogens is 1. The van der Waals surface area contributed by atoms with E-state index in [1.807, 2.05) is 48.1 Å². The summed E-state index contributed by atoms with van der Waals surface area (Å²) in [5, 5.41) is 3.99. The van der Waals surface area contributed by atoms with Crippen molar-refractivity contribution in [3.63, 3.8) is 0 Å². The lowest BCUT2D eigenvalue weighted by Crippen LogP contribution is -2.36. The van der Waals surface area contributed by atoms with Gasteiger partial charge in [-0.3, -0.25) is 9.59 Å². The van der Waals surface area contributed by atoms with Gasteiger partial charge in [0.2, 0.25) is 10.9 Å². The molecule has 5 heteroatoms. The van der Waals surface area contributed by atoms with Crippen molar-refractivity contribution < 1.29 is 4.42 Å². The molecule has 4 aromatic rings. The Morgan fingerprint density at radius 2 is 1.91 bits per heavy atom. The Labute approximate surface area is 131 Å². The predicted octanol–water partition coefficient (Wildman–Crippen LogP) is 2.65. The van der Waals surface area contributed by atoms with Crippen LogP contribution in [0.3, 0.4) is 0 Å². The fourth-order valence-electron chi connectivity index (χ4n) is 2.95. The van der Waals surface area contributed by atoms with Crippen molar-refractivity contribution in [2.24, 2.45) is 7.05 Å². The summed E-state index contributed by atoms with van der Waals surface area (Å²) >= 11 is 0. The van der Waals surface area contributed by atoms with Gasteiger partial charge in [0.15, 0.2) is 0 Å². The van der Waals surface area contributed by atoms with Gasteiger partial charge in [0, 0.05) is 29.7 Å². The van der Waals surface area contributed by atoms with Crippen molar-refractivity contribution in [2.45, 2.75) is 6.54 Å². The van der Waals surface area contributed by atoms with Crippen LogP contribution in [-0.4, -0.2) is 4.57 Å². The Morgan fingerprint density at radius 1 is 1.09 bits per heavy atom. The van der Waals surface area contributed by atoms with Crippen LogP contribution in [0.5, 0.6) is 0 Å². The van der Waals surface area contributed by atoms with E-state index < -0.39 is 10.9 Å². The van der Waals surface area contributed by atoms with Gasteiger partial charge >= 0.3 is 0 Å². The average Bonchev–Trinajstić information content (AvgIpc) is 3.19. The monoisotopic (exact) mass is 306 g/mol. The summed E-state index contributed by atoms with van der Waals surface area (Å²) < 4.78 is 7.20. The molecule has 0 aliphatic heterocycles. The topological polar surface area (TPSA) is 64.2 Å². The molecule has 0 spiro atoms. The number of hydrogen-bond acceptors (Lipinski definition) is 4. The van der Waals surface area contributed by atoms with Crippen molar-refractivity contribution in [1.29, 1.82) is 0 Å². The van der Waals surface area contributed by atoms with Crippen LogP contribution in [0.25, 0.3) is 22.0 Å². The number of para-hydroxylation sites is 1. The molecule has 0 fully saturated rings. The van der Waals surface area contributed by atoms with E-state index in [9.17, 15) is 9.59 Å². The highest BCUT2D eigenvalue weighted by atomic mass is 16.3.